The Kier molecular flexibility index (Phi) is 4.90. The average molecular weight is 199 g/mol. The second-order valence-electron chi connectivity index (χ2n) is 4.88. The molecular formula is C12H25NO. The summed E-state index contributed by atoms with van der Waals surface area (Å²) in [5, 5.41) is 12.7. The summed E-state index contributed by atoms with van der Waals surface area (Å²) in [5.41, 5.74) is 0. The summed E-state index contributed by atoms with van der Waals surface area (Å²) in [7, 11) is 0. The summed E-state index contributed by atoms with van der Waals surface area (Å²) in [6.45, 7) is 7.02. The van der Waals surface area contributed by atoms with Crippen molar-refractivity contribution in [1.29, 1.82) is 0 Å². The Bertz CT molecular complexity index is 154. The Balaban J connectivity index is 2.35. The largest absolute Gasteiger partial charge is 0.396 e. The fourth-order valence-electron chi connectivity index (χ4n) is 2.11. The summed E-state index contributed by atoms with van der Waals surface area (Å²) < 4.78 is 0. The lowest BCUT2D eigenvalue weighted by molar-refractivity contribution is 0.228. The van der Waals surface area contributed by atoms with E-state index in [-0.39, 0.29) is 0 Å². The van der Waals surface area contributed by atoms with Crippen LogP contribution in [0.1, 0.15) is 46.5 Å². The van der Waals surface area contributed by atoms with Crippen molar-refractivity contribution in [2.24, 2.45) is 11.8 Å². The van der Waals surface area contributed by atoms with Crippen molar-refractivity contribution >= 4 is 0 Å². The molecule has 0 amide bonds. The van der Waals surface area contributed by atoms with Crippen LogP contribution in [0.15, 0.2) is 0 Å². The molecule has 0 aromatic rings. The lowest BCUT2D eigenvalue weighted by Crippen LogP contribution is -2.42. The summed E-state index contributed by atoms with van der Waals surface area (Å²) >= 11 is 0. The van der Waals surface area contributed by atoms with E-state index in [1.54, 1.807) is 0 Å². The average Bonchev–Trinajstić information content (AvgIpc) is 2.95. The molecule has 2 N–H and O–H groups in total. The van der Waals surface area contributed by atoms with E-state index in [4.69, 9.17) is 5.11 Å². The van der Waals surface area contributed by atoms with Gasteiger partial charge >= 0.3 is 0 Å². The summed E-state index contributed by atoms with van der Waals surface area (Å²) in [5.74, 6) is 1.54. The van der Waals surface area contributed by atoms with Crippen LogP contribution in [-0.4, -0.2) is 23.8 Å². The molecule has 0 aromatic heterocycles. The van der Waals surface area contributed by atoms with Gasteiger partial charge in [-0.05, 0) is 37.5 Å². The van der Waals surface area contributed by atoms with Crippen LogP contribution in [0, 0.1) is 11.8 Å². The molecule has 1 saturated carbocycles. The van der Waals surface area contributed by atoms with E-state index >= 15 is 0 Å². The number of hydrogen-bond acceptors (Lipinski definition) is 2. The van der Waals surface area contributed by atoms with Gasteiger partial charge in [-0.25, -0.2) is 0 Å². The van der Waals surface area contributed by atoms with Crippen LogP contribution in [-0.2, 0) is 0 Å². The minimum Gasteiger partial charge on any atom is -0.396 e. The third-order valence-electron chi connectivity index (χ3n) is 3.30. The third kappa shape index (κ3) is 3.58. The first kappa shape index (κ1) is 12.0. The maximum Gasteiger partial charge on any atom is 0.0445 e. The van der Waals surface area contributed by atoms with E-state index in [0.717, 1.165) is 12.3 Å². The van der Waals surface area contributed by atoms with Gasteiger partial charge < -0.3 is 10.4 Å². The summed E-state index contributed by atoms with van der Waals surface area (Å²) in [6.07, 6.45) is 4.91. The molecule has 1 rings (SSSR count). The highest BCUT2D eigenvalue weighted by atomic mass is 16.3. The summed E-state index contributed by atoms with van der Waals surface area (Å²) in [4.78, 5) is 0. The van der Waals surface area contributed by atoms with Crippen molar-refractivity contribution < 1.29 is 5.11 Å². The second kappa shape index (κ2) is 5.72. The van der Waals surface area contributed by atoms with Crippen LogP contribution in [0.3, 0.4) is 0 Å². The highest BCUT2D eigenvalue weighted by Gasteiger charge is 2.31. The lowest BCUT2D eigenvalue weighted by Gasteiger charge is -2.27. The van der Waals surface area contributed by atoms with E-state index in [1.807, 2.05) is 0 Å². The molecule has 0 spiro atoms. The highest BCUT2D eigenvalue weighted by Crippen LogP contribution is 2.34. The molecule has 0 radical (unpaired) electrons. The van der Waals surface area contributed by atoms with Crippen LogP contribution >= 0.6 is 0 Å². The van der Waals surface area contributed by atoms with Crippen molar-refractivity contribution in [3.05, 3.63) is 0 Å². The molecule has 2 nitrogen and oxygen atoms in total. The number of hydrogen-bond donors (Lipinski definition) is 2. The Morgan fingerprint density at radius 3 is 2.36 bits per heavy atom. The number of aliphatic hydroxyl groups excluding tert-OH is 1. The molecule has 0 saturated heterocycles. The maximum atomic E-state index is 8.99. The maximum absolute atomic E-state index is 8.99. The van der Waals surface area contributed by atoms with Gasteiger partial charge in [0.2, 0.25) is 0 Å². The minimum atomic E-state index is 0.303. The van der Waals surface area contributed by atoms with E-state index in [1.165, 1.54) is 19.3 Å². The van der Waals surface area contributed by atoms with Gasteiger partial charge in [0.15, 0.2) is 0 Å². The minimum absolute atomic E-state index is 0.303. The van der Waals surface area contributed by atoms with Gasteiger partial charge in [0.1, 0.15) is 0 Å². The van der Waals surface area contributed by atoms with E-state index in [2.05, 4.69) is 26.1 Å². The van der Waals surface area contributed by atoms with E-state index in [9.17, 15) is 0 Å². The van der Waals surface area contributed by atoms with Crippen molar-refractivity contribution in [2.45, 2.75) is 58.5 Å². The van der Waals surface area contributed by atoms with Gasteiger partial charge in [-0.3, -0.25) is 0 Å². The molecular weight excluding hydrogens is 174 g/mol. The van der Waals surface area contributed by atoms with Gasteiger partial charge in [0.25, 0.3) is 0 Å². The first-order valence-corrected chi connectivity index (χ1v) is 6.06. The molecule has 2 atom stereocenters. The highest BCUT2D eigenvalue weighted by molar-refractivity contribution is 4.88. The SMILES string of the molecule is CCC(NC(CCO)C(C)C)C1CC1. The van der Waals surface area contributed by atoms with Gasteiger partial charge in [-0.15, -0.1) is 0 Å². The molecule has 0 bridgehead atoms. The van der Waals surface area contributed by atoms with Crippen LogP contribution in [0.5, 0.6) is 0 Å². The Morgan fingerprint density at radius 2 is 2.00 bits per heavy atom. The molecule has 14 heavy (non-hydrogen) atoms. The van der Waals surface area contributed by atoms with Crippen LogP contribution in [0.25, 0.3) is 0 Å². The first-order valence-electron chi connectivity index (χ1n) is 6.06. The fraction of sp³-hybridized carbons (Fsp3) is 1.00. The normalized spacial score (nSPS) is 21.2. The molecule has 0 aliphatic heterocycles. The Labute approximate surface area is 88.1 Å². The van der Waals surface area contributed by atoms with Crippen LogP contribution < -0.4 is 5.32 Å². The van der Waals surface area contributed by atoms with Gasteiger partial charge in [-0.1, -0.05) is 20.8 Å². The molecule has 1 fully saturated rings. The molecule has 1 aliphatic rings. The number of aliphatic hydroxyl groups is 1. The molecule has 84 valence electrons. The number of nitrogens with one attached hydrogen (secondary N) is 1. The van der Waals surface area contributed by atoms with Gasteiger partial charge in [-0.2, -0.15) is 0 Å². The lowest BCUT2D eigenvalue weighted by atomic mass is 9.98. The zero-order valence-electron chi connectivity index (χ0n) is 9.79. The topological polar surface area (TPSA) is 32.3 Å². The van der Waals surface area contributed by atoms with Crippen molar-refractivity contribution in [3.63, 3.8) is 0 Å². The standard InChI is InChI=1S/C12H25NO/c1-4-11(10-5-6-10)13-12(7-8-14)9(2)3/h9-14H,4-8H2,1-3H3. The molecule has 0 heterocycles. The zero-order valence-corrected chi connectivity index (χ0v) is 9.79. The molecule has 0 aromatic carbocycles. The molecule has 1 aliphatic carbocycles. The Hall–Kier alpha value is -0.0800. The molecule has 2 heteroatoms. The van der Waals surface area contributed by atoms with E-state index < -0.39 is 0 Å². The summed E-state index contributed by atoms with van der Waals surface area (Å²) in [6, 6.07) is 1.18. The van der Waals surface area contributed by atoms with Crippen molar-refractivity contribution in [1.82, 2.24) is 5.32 Å². The molecule has 2 unspecified atom stereocenters. The second-order valence-corrected chi connectivity index (χ2v) is 4.88. The van der Waals surface area contributed by atoms with Gasteiger partial charge in [0, 0.05) is 18.7 Å². The Morgan fingerprint density at radius 1 is 1.36 bits per heavy atom. The smallest absolute Gasteiger partial charge is 0.0445 e. The van der Waals surface area contributed by atoms with Crippen molar-refractivity contribution in [3.8, 4) is 0 Å². The monoisotopic (exact) mass is 199 g/mol. The third-order valence-corrected chi connectivity index (χ3v) is 3.30. The first-order chi connectivity index (χ1) is 6.69. The predicted octanol–water partition coefficient (Wildman–Crippen LogP) is 2.17. The van der Waals surface area contributed by atoms with E-state index in [0.29, 0.717) is 24.6 Å². The van der Waals surface area contributed by atoms with Crippen LogP contribution in [0.2, 0.25) is 0 Å². The number of rotatable bonds is 7. The predicted molar refractivity (Wildman–Crippen MR) is 60.3 cm³/mol. The van der Waals surface area contributed by atoms with Crippen LogP contribution in [0.4, 0.5) is 0 Å². The van der Waals surface area contributed by atoms with Crippen molar-refractivity contribution in [2.75, 3.05) is 6.61 Å². The zero-order chi connectivity index (χ0) is 10.6. The fourth-order valence-corrected chi connectivity index (χ4v) is 2.11. The quantitative estimate of drug-likeness (QED) is 0.658. The van der Waals surface area contributed by atoms with Gasteiger partial charge in [0.05, 0.1) is 0 Å².